The highest BCUT2D eigenvalue weighted by atomic mass is 31.0. The number of hydrogen-bond donors (Lipinski definition) is 2. The average Bonchev–Trinajstić information content (AvgIpc) is 2.16. The van der Waals surface area contributed by atoms with Crippen molar-refractivity contribution in [1.82, 2.24) is 10.4 Å². The molecule has 3 atom stereocenters. The van der Waals surface area contributed by atoms with Gasteiger partial charge in [-0.15, -0.1) is 0 Å². The molecule has 0 aromatic rings. The summed E-state index contributed by atoms with van der Waals surface area (Å²) in [7, 11) is 4.04. The fraction of sp³-hybridized carbons (Fsp3) is 0.800. The van der Waals surface area contributed by atoms with Crippen molar-refractivity contribution in [2.75, 3.05) is 7.05 Å². The van der Waals surface area contributed by atoms with Crippen LogP contribution in [0.1, 0.15) is 27.2 Å². The molecular formula is C10H21N2O2P. The Bertz CT molecular complexity index is 231. The van der Waals surface area contributed by atoms with Crippen molar-refractivity contribution in [2.45, 2.75) is 39.3 Å². The monoisotopic (exact) mass is 232 g/mol. The molecule has 1 unspecified atom stereocenters. The third kappa shape index (κ3) is 4.83. The van der Waals surface area contributed by atoms with E-state index in [2.05, 4.69) is 19.8 Å². The second-order valence-electron chi connectivity index (χ2n) is 4.01. The maximum Gasteiger partial charge on any atom is 0.157 e. The number of carbonyl (C=O) groups is 2. The van der Waals surface area contributed by atoms with Crippen LogP contribution >= 0.6 is 9.39 Å². The first kappa shape index (κ1) is 14.7. The van der Waals surface area contributed by atoms with Crippen LogP contribution in [0.4, 0.5) is 0 Å². The molecule has 0 aliphatic rings. The molecule has 15 heavy (non-hydrogen) atoms. The van der Waals surface area contributed by atoms with E-state index in [-0.39, 0.29) is 36.0 Å². The fourth-order valence-corrected chi connectivity index (χ4v) is 1.82. The lowest BCUT2D eigenvalue weighted by Crippen LogP contribution is -2.40. The SMILES string of the molecule is CN[C@@H](C)C(=O)CC(=O)[C@@H](NP)C(C)C. The van der Waals surface area contributed by atoms with Gasteiger partial charge in [0.05, 0.1) is 18.5 Å². The zero-order chi connectivity index (χ0) is 12.0. The average molecular weight is 232 g/mol. The zero-order valence-corrected chi connectivity index (χ0v) is 11.0. The van der Waals surface area contributed by atoms with E-state index in [1.807, 2.05) is 13.8 Å². The fourth-order valence-electron chi connectivity index (χ4n) is 1.25. The Labute approximate surface area is 93.8 Å². The highest BCUT2D eigenvalue weighted by Gasteiger charge is 2.23. The van der Waals surface area contributed by atoms with E-state index in [0.29, 0.717) is 0 Å². The maximum atomic E-state index is 11.7. The first-order valence-electron chi connectivity index (χ1n) is 5.12. The van der Waals surface area contributed by atoms with E-state index >= 15 is 0 Å². The van der Waals surface area contributed by atoms with Gasteiger partial charge < -0.3 is 5.32 Å². The van der Waals surface area contributed by atoms with Crippen molar-refractivity contribution in [3.8, 4) is 0 Å². The molecule has 0 aliphatic heterocycles. The molecule has 0 aromatic carbocycles. The summed E-state index contributed by atoms with van der Waals surface area (Å²) < 4.78 is 0. The molecule has 0 aromatic heterocycles. The molecule has 0 aliphatic carbocycles. The highest BCUT2D eigenvalue weighted by molar-refractivity contribution is 7.13. The van der Waals surface area contributed by atoms with Gasteiger partial charge in [-0.1, -0.05) is 23.2 Å². The zero-order valence-electron chi connectivity index (χ0n) is 9.83. The van der Waals surface area contributed by atoms with Gasteiger partial charge in [-0.3, -0.25) is 14.7 Å². The van der Waals surface area contributed by atoms with Crippen LogP contribution in [-0.2, 0) is 9.59 Å². The standard InChI is InChI=1S/C10H21N2O2P/c1-6(2)10(12-15)9(14)5-8(13)7(3)11-4/h6-7,10-12H,5,15H2,1-4H3/t7-,10-/m0/s1. The van der Waals surface area contributed by atoms with Crippen molar-refractivity contribution >= 4 is 21.0 Å². The van der Waals surface area contributed by atoms with Crippen molar-refractivity contribution in [1.29, 1.82) is 0 Å². The summed E-state index contributed by atoms with van der Waals surface area (Å²) in [5.41, 5.74) is 0. The Morgan fingerprint density at radius 2 is 1.73 bits per heavy atom. The molecule has 0 fully saturated rings. The number of ketones is 2. The van der Waals surface area contributed by atoms with E-state index in [9.17, 15) is 9.59 Å². The molecule has 0 saturated carbocycles. The molecule has 0 radical (unpaired) electrons. The summed E-state index contributed by atoms with van der Waals surface area (Å²) in [6.45, 7) is 5.66. The number of nitrogens with one attached hydrogen (secondary N) is 2. The summed E-state index contributed by atoms with van der Waals surface area (Å²) in [5.74, 6) is 0.0770. The molecule has 4 nitrogen and oxygen atoms in total. The minimum Gasteiger partial charge on any atom is -0.311 e. The Balaban J connectivity index is 4.28. The normalized spacial score (nSPS) is 15.1. The molecule has 0 amide bonds. The van der Waals surface area contributed by atoms with Gasteiger partial charge in [0.1, 0.15) is 0 Å². The Morgan fingerprint density at radius 3 is 2.07 bits per heavy atom. The van der Waals surface area contributed by atoms with Gasteiger partial charge in [-0.05, 0) is 19.9 Å². The lowest BCUT2D eigenvalue weighted by molar-refractivity contribution is -0.129. The summed E-state index contributed by atoms with van der Waals surface area (Å²) in [5, 5.41) is 5.69. The third-order valence-electron chi connectivity index (χ3n) is 2.46. The van der Waals surface area contributed by atoms with Crippen molar-refractivity contribution < 1.29 is 9.59 Å². The van der Waals surface area contributed by atoms with Crippen LogP contribution in [0.25, 0.3) is 0 Å². The predicted molar refractivity (Wildman–Crippen MR) is 64.6 cm³/mol. The van der Waals surface area contributed by atoms with Crippen molar-refractivity contribution in [2.24, 2.45) is 5.92 Å². The molecule has 0 rings (SSSR count). The number of Topliss-reactive ketones (excluding diaryl/α,β-unsaturated/α-hetero) is 2. The second-order valence-corrected chi connectivity index (χ2v) is 4.34. The largest absolute Gasteiger partial charge is 0.311 e. The van der Waals surface area contributed by atoms with E-state index in [1.54, 1.807) is 14.0 Å². The first-order valence-corrected chi connectivity index (χ1v) is 5.70. The first-order chi connectivity index (χ1) is 6.93. The Morgan fingerprint density at radius 1 is 1.20 bits per heavy atom. The molecule has 0 bridgehead atoms. The minimum absolute atomic E-state index is 0.00769. The van der Waals surface area contributed by atoms with E-state index in [0.717, 1.165) is 0 Å². The van der Waals surface area contributed by atoms with Crippen LogP contribution in [0, 0.1) is 5.92 Å². The van der Waals surface area contributed by atoms with Gasteiger partial charge in [-0.2, -0.15) is 0 Å². The highest BCUT2D eigenvalue weighted by Crippen LogP contribution is 2.07. The van der Waals surface area contributed by atoms with Crippen LogP contribution in [0.3, 0.4) is 0 Å². The number of rotatable bonds is 7. The lowest BCUT2D eigenvalue weighted by Gasteiger charge is -2.19. The quantitative estimate of drug-likeness (QED) is 0.496. The van der Waals surface area contributed by atoms with E-state index in [4.69, 9.17) is 0 Å². The van der Waals surface area contributed by atoms with Gasteiger partial charge >= 0.3 is 0 Å². The summed E-state index contributed by atoms with van der Waals surface area (Å²) >= 11 is 0. The van der Waals surface area contributed by atoms with E-state index in [1.165, 1.54) is 0 Å². The van der Waals surface area contributed by atoms with Gasteiger partial charge in [0.15, 0.2) is 11.6 Å². The number of hydrogen-bond acceptors (Lipinski definition) is 4. The Kier molecular flexibility index (Phi) is 6.90. The van der Waals surface area contributed by atoms with Crippen LogP contribution in [0.2, 0.25) is 0 Å². The van der Waals surface area contributed by atoms with Crippen LogP contribution < -0.4 is 10.4 Å². The van der Waals surface area contributed by atoms with Crippen molar-refractivity contribution in [3.05, 3.63) is 0 Å². The molecule has 2 N–H and O–H groups in total. The maximum absolute atomic E-state index is 11.7. The third-order valence-corrected chi connectivity index (χ3v) is 2.82. The molecule has 0 heterocycles. The van der Waals surface area contributed by atoms with Crippen molar-refractivity contribution in [3.63, 3.8) is 0 Å². The van der Waals surface area contributed by atoms with E-state index < -0.39 is 0 Å². The number of carbonyl (C=O) groups excluding carboxylic acids is 2. The van der Waals surface area contributed by atoms with Gasteiger partial charge in [0.2, 0.25) is 0 Å². The summed E-state index contributed by atoms with van der Waals surface area (Å²) in [4.78, 5) is 23.2. The Hall–Kier alpha value is -0.310. The number of likely N-dealkylation sites (N-methyl/N-ethyl adjacent to an activating group) is 1. The molecule has 0 saturated heterocycles. The topological polar surface area (TPSA) is 58.2 Å². The van der Waals surface area contributed by atoms with Crippen LogP contribution in [-0.4, -0.2) is 30.7 Å². The second kappa shape index (κ2) is 7.04. The van der Waals surface area contributed by atoms with Gasteiger partial charge in [-0.25, -0.2) is 0 Å². The predicted octanol–water partition coefficient (Wildman–Crippen LogP) is 0.527. The molecule has 5 heteroatoms. The molecule has 0 spiro atoms. The minimum atomic E-state index is -0.261. The van der Waals surface area contributed by atoms with Crippen LogP contribution in [0.15, 0.2) is 0 Å². The smallest absolute Gasteiger partial charge is 0.157 e. The molecule has 88 valence electrons. The van der Waals surface area contributed by atoms with Gasteiger partial charge in [0, 0.05) is 0 Å². The lowest BCUT2D eigenvalue weighted by atomic mass is 9.96. The van der Waals surface area contributed by atoms with Crippen LogP contribution in [0.5, 0.6) is 0 Å². The summed E-state index contributed by atoms with van der Waals surface area (Å²) in [6, 6.07) is -0.519. The van der Waals surface area contributed by atoms with Gasteiger partial charge in [0.25, 0.3) is 0 Å². The summed E-state index contributed by atoms with van der Waals surface area (Å²) in [6.07, 6.45) is -0.00769. The molecular weight excluding hydrogens is 211 g/mol.